The van der Waals surface area contributed by atoms with Crippen molar-refractivity contribution in [3.05, 3.63) is 75.4 Å². The molecule has 25 heavy (non-hydrogen) atoms. The zero-order chi connectivity index (χ0) is 18.0. The molecular weight excluding hydrogens is 361 g/mol. The molecule has 128 valence electrons. The molecule has 2 aromatic carbocycles. The van der Waals surface area contributed by atoms with E-state index in [-0.39, 0.29) is 11.9 Å². The van der Waals surface area contributed by atoms with Crippen molar-refractivity contribution in [2.24, 2.45) is 0 Å². The number of rotatable bonds is 3. The fourth-order valence-corrected chi connectivity index (χ4v) is 2.96. The molecule has 0 unspecified atom stereocenters. The van der Waals surface area contributed by atoms with E-state index in [2.05, 4.69) is 16.0 Å². The first kappa shape index (κ1) is 17.3. The molecule has 0 bridgehead atoms. The third-order valence-corrected chi connectivity index (χ3v) is 4.56. The molecule has 1 atom stereocenters. The number of halogens is 2. The van der Waals surface area contributed by atoms with Gasteiger partial charge >= 0.3 is 6.03 Å². The summed E-state index contributed by atoms with van der Waals surface area (Å²) in [4.78, 5) is 24.7. The summed E-state index contributed by atoms with van der Waals surface area (Å²) in [6.45, 7) is 1.68. The third-order valence-electron chi connectivity index (χ3n) is 3.82. The van der Waals surface area contributed by atoms with Crippen LogP contribution in [-0.4, -0.2) is 11.9 Å². The second-order valence-corrected chi connectivity index (χ2v) is 6.38. The van der Waals surface area contributed by atoms with Crippen LogP contribution < -0.4 is 16.0 Å². The number of carbonyl (C=O) groups excluding carboxylic acids is 2. The van der Waals surface area contributed by atoms with E-state index >= 15 is 0 Å². The van der Waals surface area contributed by atoms with E-state index in [1.807, 2.05) is 18.2 Å². The van der Waals surface area contributed by atoms with E-state index in [0.29, 0.717) is 32.6 Å². The molecule has 1 aliphatic heterocycles. The largest absolute Gasteiger partial charge is 0.327 e. The van der Waals surface area contributed by atoms with E-state index < -0.39 is 6.04 Å². The summed E-state index contributed by atoms with van der Waals surface area (Å²) in [5, 5.41) is 8.98. The number of allylic oxidation sites excluding steroid dienone is 1. The molecule has 5 nitrogen and oxygen atoms in total. The smallest absolute Gasteiger partial charge is 0.319 e. The number of urea groups is 1. The van der Waals surface area contributed by atoms with Gasteiger partial charge < -0.3 is 16.0 Å². The van der Waals surface area contributed by atoms with Crippen molar-refractivity contribution < 1.29 is 9.59 Å². The van der Waals surface area contributed by atoms with Gasteiger partial charge in [0, 0.05) is 11.4 Å². The molecule has 3 N–H and O–H groups in total. The molecule has 1 aliphatic rings. The molecule has 7 heteroatoms. The normalized spacial score (nSPS) is 16.9. The fourth-order valence-electron chi connectivity index (χ4n) is 2.66. The predicted octanol–water partition coefficient (Wildman–Crippen LogP) is 4.26. The number of hydrogen-bond donors (Lipinski definition) is 3. The van der Waals surface area contributed by atoms with Crippen LogP contribution in [0.2, 0.25) is 10.0 Å². The Morgan fingerprint density at radius 2 is 1.80 bits per heavy atom. The topological polar surface area (TPSA) is 70.2 Å². The van der Waals surface area contributed by atoms with Crippen LogP contribution in [0, 0.1) is 0 Å². The maximum Gasteiger partial charge on any atom is 0.319 e. The first-order valence-corrected chi connectivity index (χ1v) is 8.31. The summed E-state index contributed by atoms with van der Waals surface area (Å²) in [7, 11) is 0. The van der Waals surface area contributed by atoms with E-state index in [0.717, 1.165) is 0 Å². The van der Waals surface area contributed by atoms with E-state index in [4.69, 9.17) is 23.2 Å². The maximum absolute atomic E-state index is 12.8. The predicted molar refractivity (Wildman–Crippen MR) is 98.6 cm³/mol. The molecule has 0 saturated heterocycles. The second kappa shape index (κ2) is 7.17. The highest BCUT2D eigenvalue weighted by molar-refractivity contribution is 6.42. The average molecular weight is 376 g/mol. The van der Waals surface area contributed by atoms with Gasteiger partial charge in [-0.25, -0.2) is 4.79 Å². The van der Waals surface area contributed by atoms with Crippen molar-refractivity contribution in [2.75, 3.05) is 5.32 Å². The Labute approximate surface area is 155 Å². The fraction of sp³-hybridized carbons (Fsp3) is 0.111. The SMILES string of the molecule is CC1=C(C(=O)Nc2ccccc2)[C@@H](c2ccc(Cl)c(Cl)c2)NC(=O)N1. The highest BCUT2D eigenvalue weighted by atomic mass is 35.5. The van der Waals surface area contributed by atoms with Gasteiger partial charge in [-0.15, -0.1) is 0 Å². The lowest BCUT2D eigenvalue weighted by Gasteiger charge is -2.28. The first-order valence-electron chi connectivity index (χ1n) is 7.55. The minimum atomic E-state index is -0.632. The van der Waals surface area contributed by atoms with Crippen molar-refractivity contribution in [3.63, 3.8) is 0 Å². The third kappa shape index (κ3) is 3.78. The van der Waals surface area contributed by atoms with Gasteiger partial charge in [0.2, 0.25) is 0 Å². The quantitative estimate of drug-likeness (QED) is 0.749. The lowest BCUT2D eigenvalue weighted by molar-refractivity contribution is -0.113. The molecule has 0 radical (unpaired) electrons. The zero-order valence-electron chi connectivity index (χ0n) is 13.3. The van der Waals surface area contributed by atoms with Crippen LogP contribution >= 0.6 is 23.2 Å². The van der Waals surface area contributed by atoms with Crippen molar-refractivity contribution in [1.82, 2.24) is 10.6 Å². The minimum Gasteiger partial charge on any atom is -0.327 e. The number of hydrogen-bond acceptors (Lipinski definition) is 2. The monoisotopic (exact) mass is 375 g/mol. The summed E-state index contributed by atoms with van der Waals surface area (Å²) in [5.74, 6) is -0.313. The van der Waals surface area contributed by atoms with Gasteiger partial charge in [0.25, 0.3) is 5.91 Å². The van der Waals surface area contributed by atoms with E-state index in [9.17, 15) is 9.59 Å². The highest BCUT2D eigenvalue weighted by Crippen LogP contribution is 2.31. The molecule has 0 fully saturated rings. The molecule has 2 aromatic rings. The van der Waals surface area contributed by atoms with Crippen molar-refractivity contribution in [3.8, 4) is 0 Å². The van der Waals surface area contributed by atoms with Crippen molar-refractivity contribution in [2.45, 2.75) is 13.0 Å². The lowest BCUT2D eigenvalue weighted by Crippen LogP contribution is -2.45. The molecule has 3 rings (SSSR count). The van der Waals surface area contributed by atoms with Gasteiger partial charge in [-0.1, -0.05) is 47.5 Å². The molecule has 0 saturated carbocycles. The average Bonchev–Trinajstić information content (AvgIpc) is 2.57. The molecule has 3 amide bonds. The number of amides is 3. The Morgan fingerprint density at radius 3 is 2.48 bits per heavy atom. The van der Waals surface area contributed by atoms with Gasteiger partial charge in [0.15, 0.2) is 0 Å². The Morgan fingerprint density at radius 1 is 1.08 bits per heavy atom. The summed E-state index contributed by atoms with van der Waals surface area (Å²) in [6.07, 6.45) is 0. The van der Waals surface area contributed by atoms with Crippen molar-refractivity contribution >= 4 is 40.8 Å². The highest BCUT2D eigenvalue weighted by Gasteiger charge is 2.31. The first-order chi connectivity index (χ1) is 12.0. The number of anilines is 1. The minimum absolute atomic E-state index is 0.313. The van der Waals surface area contributed by atoms with E-state index in [1.54, 1.807) is 37.3 Å². The summed E-state index contributed by atoms with van der Waals surface area (Å²) in [5.41, 5.74) is 2.22. The molecule has 0 spiro atoms. The number of carbonyl (C=O) groups is 2. The van der Waals surface area contributed by atoms with Gasteiger partial charge in [0.05, 0.1) is 21.7 Å². The lowest BCUT2D eigenvalue weighted by atomic mass is 9.95. The zero-order valence-corrected chi connectivity index (χ0v) is 14.8. The van der Waals surface area contributed by atoms with Crippen LogP contribution in [0.4, 0.5) is 10.5 Å². The molecule has 1 heterocycles. The molecule has 0 aliphatic carbocycles. The maximum atomic E-state index is 12.8. The van der Waals surface area contributed by atoms with Crippen molar-refractivity contribution in [1.29, 1.82) is 0 Å². The Bertz CT molecular complexity index is 866. The van der Waals surface area contributed by atoms with Crippen LogP contribution in [0.1, 0.15) is 18.5 Å². The van der Waals surface area contributed by atoms with E-state index in [1.165, 1.54) is 0 Å². The van der Waals surface area contributed by atoms with Crippen LogP contribution in [0.25, 0.3) is 0 Å². The Kier molecular flexibility index (Phi) is 4.97. The summed E-state index contributed by atoms with van der Waals surface area (Å²) in [6, 6.07) is 13.1. The molecule has 0 aromatic heterocycles. The van der Waals surface area contributed by atoms with Gasteiger partial charge in [0.1, 0.15) is 0 Å². The van der Waals surface area contributed by atoms with Gasteiger partial charge in [-0.3, -0.25) is 4.79 Å². The standard InChI is InChI=1S/C18H15Cl2N3O2/c1-10-15(17(24)22-12-5-3-2-4-6-12)16(23-18(25)21-10)11-7-8-13(19)14(20)9-11/h2-9,16H,1H3,(H,22,24)(H2,21,23,25)/t16-/m1/s1. The van der Waals surface area contributed by atoms with Gasteiger partial charge in [-0.2, -0.15) is 0 Å². The number of nitrogens with one attached hydrogen (secondary N) is 3. The van der Waals surface area contributed by atoms with Crippen LogP contribution in [0.15, 0.2) is 59.8 Å². The Balaban J connectivity index is 1.97. The number of para-hydroxylation sites is 1. The Hall–Kier alpha value is -2.50. The summed E-state index contributed by atoms with van der Waals surface area (Å²) >= 11 is 12.0. The van der Waals surface area contributed by atoms with Gasteiger partial charge in [-0.05, 0) is 36.8 Å². The van der Waals surface area contributed by atoms with Crippen LogP contribution in [0.5, 0.6) is 0 Å². The van der Waals surface area contributed by atoms with Crippen LogP contribution in [-0.2, 0) is 4.79 Å². The molecular formula is C18H15Cl2N3O2. The summed E-state index contributed by atoms with van der Waals surface area (Å²) < 4.78 is 0. The number of benzene rings is 2. The second-order valence-electron chi connectivity index (χ2n) is 5.56. The van der Waals surface area contributed by atoms with Crippen LogP contribution in [0.3, 0.4) is 0 Å².